The predicted octanol–water partition coefficient (Wildman–Crippen LogP) is 3.87. The molecule has 0 saturated carbocycles. The van der Waals surface area contributed by atoms with E-state index in [1.165, 1.54) is 0 Å². The van der Waals surface area contributed by atoms with Crippen molar-refractivity contribution in [1.29, 1.82) is 5.26 Å². The van der Waals surface area contributed by atoms with Crippen molar-refractivity contribution < 1.29 is 4.79 Å². The van der Waals surface area contributed by atoms with E-state index in [4.69, 9.17) is 16.9 Å². The van der Waals surface area contributed by atoms with Gasteiger partial charge in [-0.3, -0.25) is 4.79 Å². The lowest BCUT2D eigenvalue weighted by Crippen LogP contribution is -2.41. The Morgan fingerprint density at radius 2 is 2.11 bits per heavy atom. The van der Waals surface area contributed by atoms with E-state index < -0.39 is 0 Å². The predicted molar refractivity (Wildman–Crippen MR) is 78.0 cm³/mol. The summed E-state index contributed by atoms with van der Waals surface area (Å²) in [5.41, 5.74) is 0.214. The van der Waals surface area contributed by atoms with Gasteiger partial charge in [0, 0.05) is 17.6 Å². The van der Waals surface area contributed by atoms with Crippen LogP contribution in [0.15, 0.2) is 22.7 Å². The summed E-state index contributed by atoms with van der Waals surface area (Å²) in [6.07, 6.45) is 1.42. The lowest BCUT2D eigenvalue weighted by Gasteiger charge is -2.35. The first-order chi connectivity index (χ1) is 8.95. The number of amides is 1. The summed E-state index contributed by atoms with van der Waals surface area (Å²) in [6, 6.07) is 7.59. The molecule has 1 fully saturated rings. The van der Waals surface area contributed by atoms with Gasteiger partial charge < -0.3 is 4.90 Å². The van der Waals surface area contributed by atoms with E-state index in [2.05, 4.69) is 22.0 Å². The summed E-state index contributed by atoms with van der Waals surface area (Å²) in [5, 5.41) is 9.54. The molecule has 3 nitrogen and oxygen atoms in total. The van der Waals surface area contributed by atoms with Crippen LogP contribution >= 0.6 is 27.5 Å². The number of piperidine rings is 1. The van der Waals surface area contributed by atoms with Gasteiger partial charge in [0.1, 0.15) is 0 Å². The summed E-state index contributed by atoms with van der Waals surface area (Å²) in [4.78, 5) is 14.1. The van der Waals surface area contributed by atoms with Crippen molar-refractivity contribution in [3.05, 3.63) is 33.3 Å². The van der Waals surface area contributed by atoms with E-state index in [1.54, 1.807) is 17.0 Å². The maximum Gasteiger partial charge on any atom is 0.255 e. The molecule has 0 N–H and O–H groups in total. The molecule has 0 bridgehead atoms. The third-order valence-corrected chi connectivity index (χ3v) is 4.39. The van der Waals surface area contributed by atoms with Crippen molar-refractivity contribution in [2.45, 2.75) is 19.8 Å². The average Bonchev–Trinajstić information content (AvgIpc) is 2.39. The number of likely N-dealkylation sites (tertiary alicyclic amines) is 1. The highest BCUT2D eigenvalue weighted by atomic mass is 79.9. The maximum atomic E-state index is 12.4. The molecule has 1 amide bonds. The van der Waals surface area contributed by atoms with Crippen molar-refractivity contribution in [3.8, 4) is 6.07 Å². The molecule has 100 valence electrons. The fourth-order valence-corrected chi connectivity index (χ4v) is 2.90. The molecule has 0 aromatic heterocycles. The van der Waals surface area contributed by atoms with Crippen LogP contribution in [0, 0.1) is 16.7 Å². The highest BCUT2D eigenvalue weighted by Crippen LogP contribution is 2.31. The summed E-state index contributed by atoms with van der Waals surface area (Å²) in [7, 11) is 0. The zero-order valence-corrected chi connectivity index (χ0v) is 13.0. The summed E-state index contributed by atoms with van der Waals surface area (Å²) in [6.45, 7) is 3.16. The second-order valence-electron chi connectivity index (χ2n) is 5.09. The molecule has 19 heavy (non-hydrogen) atoms. The van der Waals surface area contributed by atoms with Crippen LogP contribution in [0.1, 0.15) is 30.1 Å². The van der Waals surface area contributed by atoms with Crippen LogP contribution < -0.4 is 0 Å². The molecule has 0 unspecified atom stereocenters. The van der Waals surface area contributed by atoms with E-state index in [-0.39, 0.29) is 11.3 Å². The van der Waals surface area contributed by atoms with Crippen LogP contribution in [-0.2, 0) is 0 Å². The fraction of sp³-hybridized carbons (Fsp3) is 0.429. The normalized spacial score (nSPS) is 17.9. The van der Waals surface area contributed by atoms with E-state index in [9.17, 15) is 4.79 Å². The SMILES string of the molecule is CC1(C#N)CCN(C(=O)c2ccc(Br)cc2Cl)CC1. The lowest BCUT2D eigenvalue weighted by atomic mass is 9.82. The van der Waals surface area contributed by atoms with Crippen molar-refractivity contribution in [2.24, 2.45) is 5.41 Å². The monoisotopic (exact) mass is 340 g/mol. The molecule has 1 aliphatic heterocycles. The maximum absolute atomic E-state index is 12.4. The average molecular weight is 342 g/mol. The van der Waals surface area contributed by atoms with Gasteiger partial charge in [-0.15, -0.1) is 0 Å². The molecule has 0 atom stereocenters. The molecular formula is C14H14BrClN2O. The minimum Gasteiger partial charge on any atom is -0.338 e. The number of carbonyl (C=O) groups is 1. The van der Waals surface area contributed by atoms with E-state index >= 15 is 0 Å². The second kappa shape index (κ2) is 5.52. The van der Waals surface area contributed by atoms with Crippen LogP contribution in [0.3, 0.4) is 0 Å². The molecule has 1 saturated heterocycles. The van der Waals surface area contributed by atoms with Gasteiger partial charge in [-0.05, 0) is 38.0 Å². The van der Waals surface area contributed by atoms with Crippen LogP contribution in [0.2, 0.25) is 5.02 Å². The van der Waals surface area contributed by atoms with Gasteiger partial charge in [0.15, 0.2) is 0 Å². The molecule has 0 spiro atoms. The Morgan fingerprint density at radius 3 is 2.63 bits per heavy atom. The third-order valence-electron chi connectivity index (χ3n) is 3.59. The largest absolute Gasteiger partial charge is 0.338 e. The molecule has 0 radical (unpaired) electrons. The Labute approximate surface area is 126 Å². The number of benzene rings is 1. The zero-order valence-electron chi connectivity index (χ0n) is 10.6. The molecule has 0 aliphatic carbocycles. The van der Waals surface area contributed by atoms with E-state index in [0.717, 1.165) is 4.47 Å². The highest BCUT2D eigenvalue weighted by Gasteiger charge is 2.32. The van der Waals surface area contributed by atoms with Crippen molar-refractivity contribution in [2.75, 3.05) is 13.1 Å². The van der Waals surface area contributed by atoms with Gasteiger partial charge in [0.05, 0.1) is 22.1 Å². The van der Waals surface area contributed by atoms with Gasteiger partial charge in [0.25, 0.3) is 5.91 Å². The number of hydrogen-bond donors (Lipinski definition) is 0. The van der Waals surface area contributed by atoms with Gasteiger partial charge in [-0.2, -0.15) is 5.26 Å². The van der Waals surface area contributed by atoms with Crippen LogP contribution in [0.25, 0.3) is 0 Å². The van der Waals surface area contributed by atoms with Gasteiger partial charge in [-0.25, -0.2) is 0 Å². The van der Waals surface area contributed by atoms with Crippen LogP contribution in [0.5, 0.6) is 0 Å². The van der Waals surface area contributed by atoms with Crippen molar-refractivity contribution >= 4 is 33.4 Å². The Hall–Kier alpha value is -1.05. The van der Waals surface area contributed by atoms with Gasteiger partial charge in [0.2, 0.25) is 0 Å². The topological polar surface area (TPSA) is 44.1 Å². The summed E-state index contributed by atoms with van der Waals surface area (Å²) in [5.74, 6) is -0.0579. The summed E-state index contributed by atoms with van der Waals surface area (Å²) >= 11 is 9.42. The number of hydrogen-bond acceptors (Lipinski definition) is 2. The quantitative estimate of drug-likeness (QED) is 0.778. The molecule has 1 heterocycles. The highest BCUT2D eigenvalue weighted by molar-refractivity contribution is 9.10. The third kappa shape index (κ3) is 3.10. The molecule has 2 rings (SSSR count). The molecule has 1 aliphatic rings. The minimum atomic E-state index is -0.305. The first-order valence-corrected chi connectivity index (χ1v) is 7.28. The first-order valence-electron chi connectivity index (χ1n) is 6.11. The number of nitrogens with zero attached hydrogens (tertiary/aromatic N) is 2. The van der Waals surface area contributed by atoms with Crippen molar-refractivity contribution in [1.82, 2.24) is 4.90 Å². The second-order valence-corrected chi connectivity index (χ2v) is 6.41. The smallest absolute Gasteiger partial charge is 0.255 e. The van der Waals surface area contributed by atoms with E-state index in [1.807, 2.05) is 13.0 Å². The Balaban J connectivity index is 2.12. The van der Waals surface area contributed by atoms with Crippen LogP contribution in [0.4, 0.5) is 0 Å². The Kier molecular flexibility index (Phi) is 4.17. The lowest BCUT2D eigenvalue weighted by molar-refractivity contribution is 0.0662. The number of nitriles is 1. The molecule has 1 aromatic rings. The van der Waals surface area contributed by atoms with E-state index in [0.29, 0.717) is 36.5 Å². The number of halogens is 2. The Morgan fingerprint density at radius 1 is 1.47 bits per heavy atom. The molecule has 5 heteroatoms. The zero-order chi connectivity index (χ0) is 14.0. The first kappa shape index (κ1) is 14.4. The number of rotatable bonds is 1. The Bertz CT molecular complexity index is 545. The van der Waals surface area contributed by atoms with Gasteiger partial charge in [-0.1, -0.05) is 27.5 Å². The van der Waals surface area contributed by atoms with Gasteiger partial charge >= 0.3 is 0 Å². The number of carbonyl (C=O) groups excluding carboxylic acids is 1. The minimum absolute atomic E-state index is 0.0579. The molecular weight excluding hydrogens is 328 g/mol. The molecule has 1 aromatic carbocycles. The van der Waals surface area contributed by atoms with Crippen molar-refractivity contribution in [3.63, 3.8) is 0 Å². The standard InChI is InChI=1S/C14H14BrClN2O/c1-14(9-17)4-6-18(7-5-14)13(19)11-3-2-10(15)8-12(11)16/h2-3,8H,4-7H2,1H3. The fourth-order valence-electron chi connectivity index (χ4n) is 2.15. The van der Waals surface area contributed by atoms with Crippen LogP contribution in [-0.4, -0.2) is 23.9 Å². The summed E-state index contributed by atoms with van der Waals surface area (Å²) < 4.78 is 0.852.